The molecule has 0 aliphatic carbocycles. The molecular formula is C28H37FN4O4S2. The SMILES string of the molecule is CCCC(C)(CNCCCCCCc1ccccc1-c1csc(NS(=O)(=O)c2cccc(F)n2)n1)C(=O)OC. The first kappa shape index (κ1) is 30.6. The minimum Gasteiger partial charge on any atom is -0.469 e. The first-order chi connectivity index (χ1) is 18.7. The average molecular weight is 577 g/mol. The predicted molar refractivity (Wildman–Crippen MR) is 153 cm³/mol. The van der Waals surface area contributed by atoms with Crippen LogP contribution in [0.1, 0.15) is 57.9 Å². The molecule has 0 amide bonds. The minimum absolute atomic E-state index is 0.163. The fourth-order valence-corrected chi connectivity index (χ4v) is 6.40. The van der Waals surface area contributed by atoms with Gasteiger partial charge in [0.25, 0.3) is 10.0 Å². The van der Waals surface area contributed by atoms with Crippen LogP contribution < -0.4 is 10.0 Å². The molecule has 39 heavy (non-hydrogen) atoms. The molecule has 1 aromatic carbocycles. The Hall–Kier alpha value is -2.89. The molecule has 3 aromatic rings. The molecule has 0 radical (unpaired) electrons. The summed E-state index contributed by atoms with van der Waals surface area (Å²) in [6, 6.07) is 11.6. The van der Waals surface area contributed by atoms with Crippen molar-refractivity contribution in [3.05, 3.63) is 59.4 Å². The van der Waals surface area contributed by atoms with Crippen LogP contribution in [0.5, 0.6) is 0 Å². The van der Waals surface area contributed by atoms with Crippen molar-refractivity contribution in [2.24, 2.45) is 5.41 Å². The number of unbranched alkanes of at least 4 members (excludes halogenated alkanes) is 3. The van der Waals surface area contributed by atoms with Crippen LogP contribution in [0.25, 0.3) is 11.3 Å². The molecule has 0 fully saturated rings. The topological polar surface area (TPSA) is 110 Å². The molecule has 1 unspecified atom stereocenters. The van der Waals surface area contributed by atoms with Crippen LogP contribution in [0.2, 0.25) is 0 Å². The Kier molecular flexibility index (Phi) is 11.4. The first-order valence-corrected chi connectivity index (χ1v) is 15.5. The summed E-state index contributed by atoms with van der Waals surface area (Å²) < 4.78 is 45.9. The predicted octanol–water partition coefficient (Wildman–Crippen LogP) is 5.82. The third-order valence-electron chi connectivity index (χ3n) is 6.53. The molecule has 0 aliphatic rings. The summed E-state index contributed by atoms with van der Waals surface area (Å²) in [6.07, 6.45) is 6.80. The smallest absolute Gasteiger partial charge is 0.312 e. The van der Waals surface area contributed by atoms with Crippen molar-refractivity contribution in [1.82, 2.24) is 15.3 Å². The van der Waals surface area contributed by atoms with Crippen LogP contribution in [0.4, 0.5) is 9.52 Å². The zero-order valence-electron chi connectivity index (χ0n) is 22.7. The van der Waals surface area contributed by atoms with Gasteiger partial charge in [-0.15, -0.1) is 11.3 Å². The number of pyridine rings is 1. The number of ether oxygens (including phenoxy) is 1. The highest BCUT2D eigenvalue weighted by Gasteiger charge is 2.32. The summed E-state index contributed by atoms with van der Waals surface area (Å²) >= 11 is 1.17. The third kappa shape index (κ3) is 8.81. The Balaban J connectivity index is 1.48. The van der Waals surface area contributed by atoms with Crippen LogP contribution >= 0.6 is 11.3 Å². The largest absolute Gasteiger partial charge is 0.469 e. The number of thiazole rings is 1. The lowest BCUT2D eigenvalue weighted by atomic mass is 9.85. The Labute approximate surface area is 234 Å². The van der Waals surface area contributed by atoms with Gasteiger partial charge in [0.15, 0.2) is 10.2 Å². The van der Waals surface area contributed by atoms with Gasteiger partial charge in [-0.05, 0) is 56.8 Å². The van der Waals surface area contributed by atoms with E-state index in [1.54, 1.807) is 0 Å². The standard InChI is InChI=1S/C28H37FN4O4S2/c1-4-17-28(2,26(34)37-3)20-30-18-10-6-5-7-12-21-13-8-9-14-22(21)23-19-38-27(31-23)33-39(35,36)25-16-11-15-24(29)32-25/h8-9,11,13-16,19,30H,4-7,10,12,17-18,20H2,1-3H3,(H,31,33). The first-order valence-electron chi connectivity index (χ1n) is 13.2. The molecule has 0 aliphatic heterocycles. The molecule has 1 atom stereocenters. The summed E-state index contributed by atoms with van der Waals surface area (Å²) in [5.74, 6) is -1.03. The van der Waals surface area contributed by atoms with Crippen molar-refractivity contribution in [2.45, 2.75) is 63.8 Å². The lowest BCUT2D eigenvalue weighted by molar-refractivity contribution is -0.152. The van der Waals surface area contributed by atoms with E-state index in [0.717, 1.165) is 68.7 Å². The van der Waals surface area contributed by atoms with E-state index >= 15 is 0 Å². The van der Waals surface area contributed by atoms with Gasteiger partial charge >= 0.3 is 5.97 Å². The van der Waals surface area contributed by atoms with Gasteiger partial charge < -0.3 is 10.1 Å². The van der Waals surface area contributed by atoms with Gasteiger partial charge in [0.2, 0.25) is 5.95 Å². The van der Waals surface area contributed by atoms with E-state index in [1.165, 1.54) is 30.6 Å². The van der Waals surface area contributed by atoms with Gasteiger partial charge in [0, 0.05) is 17.5 Å². The molecule has 0 saturated carbocycles. The number of aromatic nitrogens is 2. The summed E-state index contributed by atoms with van der Waals surface area (Å²) in [7, 11) is -2.60. The number of benzene rings is 1. The molecule has 3 rings (SSSR count). The Bertz CT molecular complexity index is 1330. The molecule has 0 spiro atoms. The summed E-state index contributed by atoms with van der Waals surface area (Å²) in [4.78, 5) is 20.0. The van der Waals surface area contributed by atoms with E-state index in [1.807, 2.05) is 30.5 Å². The minimum atomic E-state index is -4.04. The maximum Gasteiger partial charge on any atom is 0.312 e. The molecule has 2 N–H and O–H groups in total. The third-order valence-corrected chi connectivity index (χ3v) is 8.66. The van der Waals surface area contributed by atoms with E-state index < -0.39 is 26.4 Å². The van der Waals surface area contributed by atoms with Crippen molar-refractivity contribution in [2.75, 3.05) is 24.9 Å². The number of rotatable bonds is 16. The number of hydrogen-bond donors (Lipinski definition) is 2. The molecule has 8 nitrogen and oxygen atoms in total. The number of carbonyl (C=O) groups is 1. The van der Waals surface area contributed by atoms with E-state index in [-0.39, 0.29) is 11.1 Å². The van der Waals surface area contributed by atoms with Gasteiger partial charge in [0.05, 0.1) is 18.2 Å². The number of anilines is 1. The number of carbonyl (C=O) groups excluding carboxylic acids is 1. The van der Waals surface area contributed by atoms with Gasteiger partial charge in [-0.3, -0.25) is 9.52 Å². The Morgan fingerprint density at radius 1 is 1.08 bits per heavy atom. The summed E-state index contributed by atoms with van der Waals surface area (Å²) in [5, 5.41) is 5.03. The van der Waals surface area contributed by atoms with E-state index in [0.29, 0.717) is 12.2 Å². The van der Waals surface area contributed by atoms with Gasteiger partial charge in [-0.25, -0.2) is 9.97 Å². The summed E-state index contributed by atoms with van der Waals surface area (Å²) in [6.45, 7) is 5.50. The quantitative estimate of drug-likeness (QED) is 0.126. The Morgan fingerprint density at radius 2 is 1.85 bits per heavy atom. The van der Waals surface area contributed by atoms with Crippen molar-refractivity contribution in [1.29, 1.82) is 0 Å². The molecule has 212 valence electrons. The van der Waals surface area contributed by atoms with Crippen LogP contribution in [0.15, 0.2) is 52.9 Å². The number of esters is 1. The monoisotopic (exact) mass is 576 g/mol. The molecule has 2 aromatic heterocycles. The molecule has 0 bridgehead atoms. The lowest BCUT2D eigenvalue weighted by Gasteiger charge is -2.26. The van der Waals surface area contributed by atoms with Crippen molar-refractivity contribution < 1.29 is 22.3 Å². The van der Waals surface area contributed by atoms with Crippen LogP contribution in [-0.4, -0.2) is 44.6 Å². The highest BCUT2D eigenvalue weighted by Crippen LogP contribution is 2.30. The second kappa shape index (κ2) is 14.5. The summed E-state index contributed by atoms with van der Waals surface area (Å²) in [5.41, 5.74) is 2.31. The van der Waals surface area contributed by atoms with Crippen molar-refractivity contribution in [3.63, 3.8) is 0 Å². The number of sulfonamides is 1. The van der Waals surface area contributed by atoms with Crippen molar-refractivity contribution >= 4 is 32.5 Å². The van der Waals surface area contributed by atoms with Gasteiger partial charge in [-0.2, -0.15) is 12.8 Å². The number of halogens is 1. The number of methoxy groups -OCH3 is 1. The normalized spacial score (nSPS) is 13.1. The second-order valence-electron chi connectivity index (χ2n) is 9.74. The van der Waals surface area contributed by atoms with Crippen molar-refractivity contribution in [3.8, 4) is 11.3 Å². The number of nitrogens with zero attached hydrogens (tertiary/aromatic N) is 2. The zero-order chi connectivity index (χ0) is 28.3. The van der Waals surface area contributed by atoms with Crippen LogP contribution in [0, 0.1) is 11.4 Å². The van der Waals surface area contributed by atoms with Gasteiger partial charge in [0.1, 0.15) is 0 Å². The number of aryl methyl sites for hydroxylation is 1. The number of nitrogens with one attached hydrogen (secondary N) is 2. The molecule has 11 heteroatoms. The van der Waals surface area contributed by atoms with E-state index in [9.17, 15) is 17.6 Å². The van der Waals surface area contributed by atoms with Gasteiger partial charge in [-0.1, -0.05) is 56.5 Å². The molecule has 0 saturated heterocycles. The van der Waals surface area contributed by atoms with Crippen LogP contribution in [0.3, 0.4) is 0 Å². The van der Waals surface area contributed by atoms with E-state index in [2.05, 4.69) is 33.0 Å². The molecular weight excluding hydrogens is 539 g/mol. The fourth-order valence-electron chi connectivity index (χ4n) is 4.48. The number of hydrogen-bond acceptors (Lipinski definition) is 8. The molecule has 2 heterocycles. The van der Waals surface area contributed by atoms with Crippen LogP contribution in [-0.2, 0) is 26.0 Å². The maximum atomic E-state index is 13.4. The highest BCUT2D eigenvalue weighted by molar-refractivity contribution is 7.92. The average Bonchev–Trinajstić information content (AvgIpc) is 3.37. The second-order valence-corrected chi connectivity index (χ2v) is 12.2. The zero-order valence-corrected chi connectivity index (χ0v) is 24.3. The lowest BCUT2D eigenvalue weighted by Crippen LogP contribution is -2.39. The Morgan fingerprint density at radius 3 is 2.59 bits per heavy atom. The van der Waals surface area contributed by atoms with E-state index in [4.69, 9.17) is 4.74 Å². The highest BCUT2D eigenvalue weighted by atomic mass is 32.2. The maximum absolute atomic E-state index is 13.4. The fraction of sp³-hybridized carbons (Fsp3) is 0.464.